The van der Waals surface area contributed by atoms with Crippen LogP contribution in [0.4, 0.5) is 0 Å². The molecule has 0 radical (unpaired) electrons. The Balaban J connectivity index is 3.20. The van der Waals surface area contributed by atoms with Crippen molar-refractivity contribution in [2.45, 2.75) is 54.0 Å². The quantitative estimate of drug-likeness (QED) is 0.603. The Kier molecular flexibility index (Phi) is 3.06. The summed E-state index contributed by atoms with van der Waals surface area (Å²) in [7, 11) is 0. The van der Waals surface area contributed by atoms with Crippen molar-refractivity contribution in [2.24, 2.45) is 10.4 Å². The first kappa shape index (κ1) is 13.0. The van der Waals surface area contributed by atoms with E-state index >= 15 is 0 Å². The molecule has 0 spiro atoms. The van der Waals surface area contributed by atoms with E-state index in [1.807, 2.05) is 0 Å². The number of rotatable bonds is 0. The van der Waals surface area contributed by atoms with Crippen molar-refractivity contribution >= 4 is 5.71 Å². The van der Waals surface area contributed by atoms with E-state index in [0.717, 1.165) is 11.5 Å². The zero-order valence-electron chi connectivity index (χ0n) is 11.7. The monoisotopic (exact) mass is 220 g/mol. The highest BCUT2D eigenvalue weighted by atomic mass is 15.3. The first-order chi connectivity index (χ1) is 7.03. The van der Waals surface area contributed by atoms with E-state index < -0.39 is 0 Å². The van der Waals surface area contributed by atoms with Crippen LogP contribution in [0.1, 0.15) is 48.5 Å². The van der Waals surface area contributed by atoms with E-state index in [4.69, 9.17) is 0 Å². The third-order valence-electron chi connectivity index (χ3n) is 2.75. The lowest BCUT2D eigenvalue weighted by Crippen LogP contribution is -2.39. The van der Waals surface area contributed by atoms with Gasteiger partial charge in [0.1, 0.15) is 5.82 Å². The van der Waals surface area contributed by atoms with Gasteiger partial charge in [0, 0.05) is 17.5 Å². The van der Waals surface area contributed by atoms with Crippen LogP contribution in [0.25, 0.3) is 0 Å². The number of allylic oxidation sites excluding steroid dienone is 1. The second-order valence-electron chi connectivity index (χ2n) is 6.45. The normalized spacial score (nSPS) is 18.4. The maximum Gasteiger partial charge on any atom is 0.125 e. The summed E-state index contributed by atoms with van der Waals surface area (Å²) in [6.45, 7) is 19.2. The summed E-state index contributed by atoms with van der Waals surface area (Å²) in [5.74, 6) is 0.831. The minimum atomic E-state index is 0.0256. The third kappa shape index (κ3) is 2.55. The summed E-state index contributed by atoms with van der Waals surface area (Å²) in [5, 5.41) is 0. The van der Waals surface area contributed by atoms with Crippen molar-refractivity contribution in [3.05, 3.63) is 24.2 Å². The zero-order chi connectivity index (χ0) is 12.7. The Labute approximate surface area is 99.8 Å². The highest BCUT2D eigenvalue weighted by Crippen LogP contribution is 2.33. The highest BCUT2D eigenvalue weighted by Gasteiger charge is 2.29. The van der Waals surface area contributed by atoms with E-state index in [2.05, 4.69) is 71.1 Å². The van der Waals surface area contributed by atoms with E-state index in [9.17, 15) is 0 Å². The van der Waals surface area contributed by atoms with E-state index in [-0.39, 0.29) is 11.0 Å². The molecule has 1 aliphatic heterocycles. The summed E-state index contributed by atoms with van der Waals surface area (Å²) < 4.78 is 0. The molecule has 0 saturated carbocycles. The summed E-state index contributed by atoms with van der Waals surface area (Å²) in [6, 6.07) is 0. The third-order valence-corrected chi connectivity index (χ3v) is 2.75. The molecule has 1 heterocycles. The van der Waals surface area contributed by atoms with Gasteiger partial charge >= 0.3 is 0 Å². The van der Waals surface area contributed by atoms with Crippen molar-refractivity contribution in [1.82, 2.24) is 4.90 Å². The second-order valence-corrected chi connectivity index (χ2v) is 6.45. The number of hydrogen-bond donors (Lipinski definition) is 0. The lowest BCUT2D eigenvalue weighted by Gasteiger charge is -2.39. The van der Waals surface area contributed by atoms with Crippen molar-refractivity contribution in [2.75, 3.05) is 0 Å². The van der Waals surface area contributed by atoms with Gasteiger partial charge in [0.15, 0.2) is 0 Å². The van der Waals surface area contributed by atoms with Crippen LogP contribution in [-0.2, 0) is 0 Å². The standard InChI is InChI=1S/C14H24N2/c1-10-12(13(3,4)5)9-16(11(2)15-10)14(6,7)8/h9H,2H2,1,3-8H3. The molecule has 0 unspecified atom stereocenters. The molecule has 0 fully saturated rings. The maximum atomic E-state index is 4.56. The maximum absolute atomic E-state index is 4.56. The van der Waals surface area contributed by atoms with Crippen molar-refractivity contribution in [1.29, 1.82) is 0 Å². The summed E-state index contributed by atoms with van der Waals surface area (Å²) >= 11 is 0. The average Bonchev–Trinajstić information content (AvgIpc) is 1.97. The highest BCUT2D eigenvalue weighted by molar-refractivity contribution is 6.00. The zero-order valence-corrected chi connectivity index (χ0v) is 11.7. The molecule has 0 aromatic rings. The van der Waals surface area contributed by atoms with Gasteiger partial charge in [0.05, 0.1) is 0 Å². The molecule has 0 bridgehead atoms. The van der Waals surface area contributed by atoms with Crippen LogP contribution < -0.4 is 0 Å². The Morgan fingerprint density at radius 1 is 1.12 bits per heavy atom. The predicted octanol–water partition coefficient (Wildman–Crippen LogP) is 3.96. The van der Waals surface area contributed by atoms with Gasteiger partial charge in [-0.1, -0.05) is 27.4 Å². The van der Waals surface area contributed by atoms with Crippen LogP contribution in [-0.4, -0.2) is 16.2 Å². The fraction of sp³-hybridized carbons (Fsp3) is 0.643. The molecule has 0 amide bonds. The van der Waals surface area contributed by atoms with E-state index in [1.165, 1.54) is 5.57 Å². The number of nitrogens with zero attached hydrogens (tertiary/aromatic N) is 2. The topological polar surface area (TPSA) is 15.6 Å². The lowest BCUT2D eigenvalue weighted by molar-refractivity contribution is 0.250. The van der Waals surface area contributed by atoms with Crippen LogP contribution in [0, 0.1) is 5.41 Å². The van der Waals surface area contributed by atoms with Gasteiger partial charge in [-0.05, 0) is 38.7 Å². The SMILES string of the molecule is C=C1N=C(C)C(C(C)(C)C)=CN1C(C)(C)C. The number of hydrogen-bond acceptors (Lipinski definition) is 2. The molecule has 1 rings (SSSR count). The molecule has 0 N–H and O–H groups in total. The Hall–Kier alpha value is -1.05. The molecule has 0 aliphatic carbocycles. The van der Waals surface area contributed by atoms with E-state index in [1.54, 1.807) is 0 Å². The largest absolute Gasteiger partial charge is 0.328 e. The molecule has 0 aromatic carbocycles. The fourth-order valence-corrected chi connectivity index (χ4v) is 1.92. The van der Waals surface area contributed by atoms with Crippen LogP contribution >= 0.6 is 0 Å². The summed E-state index contributed by atoms with van der Waals surface area (Å²) in [6.07, 6.45) is 2.20. The predicted molar refractivity (Wildman–Crippen MR) is 71.4 cm³/mol. The first-order valence-corrected chi connectivity index (χ1v) is 5.79. The van der Waals surface area contributed by atoms with Crippen molar-refractivity contribution < 1.29 is 0 Å². The van der Waals surface area contributed by atoms with E-state index in [0.29, 0.717) is 0 Å². The van der Waals surface area contributed by atoms with Gasteiger partial charge in [-0.3, -0.25) is 0 Å². The number of aliphatic imine (C=N–C) groups is 1. The fourth-order valence-electron chi connectivity index (χ4n) is 1.92. The second kappa shape index (κ2) is 3.76. The molecular weight excluding hydrogens is 196 g/mol. The van der Waals surface area contributed by atoms with Crippen LogP contribution in [0.5, 0.6) is 0 Å². The summed E-state index contributed by atoms with van der Waals surface area (Å²) in [4.78, 5) is 6.71. The van der Waals surface area contributed by atoms with Gasteiger partial charge in [-0.15, -0.1) is 0 Å². The molecule has 0 aromatic heterocycles. The lowest BCUT2D eigenvalue weighted by atomic mass is 9.83. The molecule has 2 heteroatoms. The minimum Gasteiger partial charge on any atom is -0.328 e. The van der Waals surface area contributed by atoms with Crippen LogP contribution in [0.15, 0.2) is 29.2 Å². The average molecular weight is 220 g/mol. The Morgan fingerprint density at radius 3 is 2.00 bits per heavy atom. The molecule has 1 aliphatic rings. The van der Waals surface area contributed by atoms with Gasteiger partial charge < -0.3 is 4.90 Å². The van der Waals surface area contributed by atoms with Gasteiger partial charge in [-0.25, -0.2) is 4.99 Å². The van der Waals surface area contributed by atoms with Gasteiger partial charge in [-0.2, -0.15) is 0 Å². The smallest absolute Gasteiger partial charge is 0.125 e. The molecule has 2 nitrogen and oxygen atoms in total. The molecule has 0 atom stereocenters. The molecule has 90 valence electrons. The molecule has 0 saturated heterocycles. The Bertz CT molecular complexity index is 359. The molecule has 16 heavy (non-hydrogen) atoms. The van der Waals surface area contributed by atoms with Gasteiger partial charge in [0.2, 0.25) is 0 Å². The van der Waals surface area contributed by atoms with Crippen molar-refractivity contribution in [3.8, 4) is 0 Å². The minimum absolute atomic E-state index is 0.0256. The van der Waals surface area contributed by atoms with Crippen molar-refractivity contribution in [3.63, 3.8) is 0 Å². The van der Waals surface area contributed by atoms with Crippen LogP contribution in [0.3, 0.4) is 0 Å². The first-order valence-electron chi connectivity index (χ1n) is 5.79. The summed E-state index contributed by atoms with van der Waals surface area (Å²) in [5.41, 5.74) is 2.52. The van der Waals surface area contributed by atoms with Crippen LogP contribution in [0.2, 0.25) is 0 Å². The Morgan fingerprint density at radius 2 is 1.62 bits per heavy atom. The molecular formula is C14H24N2. The van der Waals surface area contributed by atoms with Gasteiger partial charge in [0.25, 0.3) is 0 Å².